The molecule has 1 aromatic carbocycles. The Morgan fingerprint density at radius 2 is 1.63 bits per heavy atom. The molecule has 0 aliphatic heterocycles. The maximum atomic E-state index is 13.0. The van der Waals surface area contributed by atoms with E-state index in [9.17, 15) is 18.0 Å². The van der Waals surface area contributed by atoms with Crippen LogP contribution in [0.25, 0.3) is 0 Å². The van der Waals surface area contributed by atoms with Crippen molar-refractivity contribution in [1.82, 2.24) is 0 Å². The molecule has 1 saturated carbocycles. The summed E-state index contributed by atoms with van der Waals surface area (Å²) in [6, 6.07) is 1.48. The summed E-state index contributed by atoms with van der Waals surface area (Å²) >= 11 is 0. The SMILES string of the molecule is NC1(C(=O)Nc2cc(F)c(F)c(F)c2)CCCCC1. The highest BCUT2D eigenvalue weighted by atomic mass is 19.2. The standard InChI is InChI=1S/C13H15F3N2O/c14-9-6-8(7-10(15)11(9)16)18-12(19)13(17)4-2-1-3-5-13/h6-7H,1-5,17H2,(H,18,19). The van der Waals surface area contributed by atoms with Crippen molar-refractivity contribution in [2.24, 2.45) is 5.73 Å². The average molecular weight is 272 g/mol. The van der Waals surface area contributed by atoms with Crippen LogP contribution < -0.4 is 11.1 Å². The van der Waals surface area contributed by atoms with Crippen molar-refractivity contribution in [2.75, 3.05) is 5.32 Å². The van der Waals surface area contributed by atoms with Gasteiger partial charge in [0.05, 0.1) is 5.54 Å². The van der Waals surface area contributed by atoms with E-state index in [1.807, 2.05) is 0 Å². The first-order valence-electron chi connectivity index (χ1n) is 6.17. The fourth-order valence-corrected chi connectivity index (χ4v) is 2.29. The second-order valence-electron chi connectivity index (χ2n) is 4.92. The van der Waals surface area contributed by atoms with Gasteiger partial charge >= 0.3 is 0 Å². The van der Waals surface area contributed by atoms with Crippen molar-refractivity contribution < 1.29 is 18.0 Å². The first kappa shape index (κ1) is 13.9. The lowest BCUT2D eigenvalue weighted by Crippen LogP contribution is -2.52. The molecule has 3 nitrogen and oxygen atoms in total. The van der Waals surface area contributed by atoms with E-state index in [2.05, 4.69) is 5.32 Å². The van der Waals surface area contributed by atoms with Crippen LogP contribution in [-0.4, -0.2) is 11.4 Å². The Kier molecular flexibility index (Phi) is 3.80. The van der Waals surface area contributed by atoms with Crippen LogP contribution in [0.1, 0.15) is 32.1 Å². The number of carbonyl (C=O) groups is 1. The van der Waals surface area contributed by atoms with Gasteiger partial charge in [-0.1, -0.05) is 19.3 Å². The number of benzene rings is 1. The molecule has 0 aromatic heterocycles. The predicted molar refractivity (Wildman–Crippen MR) is 64.9 cm³/mol. The number of halogens is 3. The molecule has 1 aliphatic carbocycles. The van der Waals surface area contributed by atoms with Crippen molar-refractivity contribution >= 4 is 11.6 Å². The third-order valence-electron chi connectivity index (χ3n) is 3.44. The highest BCUT2D eigenvalue weighted by molar-refractivity contribution is 5.98. The molecule has 0 atom stereocenters. The van der Waals surface area contributed by atoms with E-state index in [-0.39, 0.29) is 5.69 Å². The molecule has 3 N–H and O–H groups in total. The van der Waals surface area contributed by atoms with Gasteiger partial charge in [-0.15, -0.1) is 0 Å². The summed E-state index contributed by atoms with van der Waals surface area (Å²) < 4.78 is 38.9. The zero-order chi connectivity index (χ0) is 14.0. The van der Waals surface area contributed by atoms with Gasteiger partial charge in [0.25, 0.3) is 0 Å². The molecule has 0 heterocycles. The first-order chi connectivity index (χ1) is 8.92. The van der Waals surface area contributed by atoms with Crippen molar-refractivity contribution in [3.63, 3.8) is 0 Å². The highest BCUT2D eigenvalue weighted by Gasteiger charge is 2.35. The summed E-state index contributed by atoms with van der Waals surface area (Å²) in [5, 5.41) is 2.35. The zero-order valence-corrected chi connectivity index (χ0v) is 10.3. The molecule has 104 valence electrons. The van der Waals surface area contributed by atoms with Crippen LogP contribution in [0.4, 0.5) is 18.9 Å². The number of hydrogen-bond acceptors (Lipinski definition) is 2. The Labute approximate surface area is 109 Å². The van der Waals surface area contributed by atoms with E-state index >= 15 is 0 Å². The molecule has 1 aromatic rings. The number of rotatable bonds is 2. The topological polar surface area (TPSA) is 55.1 Å². The molecule has 0 bridgehead atoms. The largest absolute Gasteiger partial charge is 0.324 e. The van der Waals surface area contributed by atoms with Crippen molar-refractivity contribution in [3.8, 4) is 0 Å². The third-order valence-corrected chi connectivity index (χ3v) is 3.44. The van der Waals surface area contributed by atoms with Crippen molar-refractivity contribution in [3.05, 3.63) is 29.6 Å². The number of amides is 1. The summed E-state index contributed by atoms with van der Waals surface area (Å²) in [7, 11) is 0. The van der Waals surface area contributed by atoms with Gasteiger partial charge in [-0.05, 0) is 12.8 Å². The molecular weight excluding hydrogens is 257 g/mol. The summed E-state index contributed by atoms with van der Waals surface area (Å²) in [4.78, 5) is 12.0. The van der Waals surface area contributed by atoms with E-state index in [0.29, 0.717) is 12.8 Å². The summed E-state index contributed by atoms with van der Waals surface area (Å²) in [5.74, 6) is -4.73. The monoisotopic (exact) mass is 272 g/mol. The van der Waals surface area contributed by atoms with Crippen molar-refractivity contribution in [2.45, 2.75) is 37.6 Å². The van der Waals surface area contributed by atoms with Crippen LogP contribution in [0.2, 0.25) is 0 Å². The van der Waals surface area contributed by atoms with Crippen LogP contribution in [0.15, 0.2) is 12.1 Å². The smallest absolute Gasteiger partial charge is 0.244 e. The van der Waals surface area contributed by atoms with E-state index in [4.69, 9.17) is 5.73 Å². The zero-order valence-electron chi connectivity index (χ0n) is 10.3. The number of nitrogens with two attached hydrogens (primary N) is 1. The number of hydrogen-bond donors (Lipinski definition) is 2. The second-order valence-corrected chi connectivity index (χ2v) is 4.92. The van der Waals surface area contributed by atoms with Crippen LogP contribution in [0.3, 0.4) is 0 Å². The quantitative estimate of drug-likeness (QED) is 0.813. The van der Waals surface area contributed by atoms with Gasteiger partial charge in [-0.2, -0.15) is 0 Å². The van der Waals surface area contributed by atoms with Crippen LogP contribution >= 0.6 is 0 Å². The molecular formula is C13H15F3N2O. The van der Waals surface area contributed by atoms with E-state index < -0.39 is 28.9 Å². The minimum absolute atomic E-state index is 0.128. The maximum absolute atomic E-state index is 13.0. The number of anilines is 1. The molecule has 0 saturated heterocycles. The molecule has 0 unspecified atom stereocenters. The summed E-state index contributed by atoms with van der Waals surface area (Å²) in [6.45, 7) is 0. The predicted octanol–water partition coefficient (Wildman–Crippen LogP) is 2.70. The third kappa shape index (κ3) is 2.89. The van der Waals surface area contributed by atoms with E-state index in [1.165, 1.54) is 0 Å². The van der Waals surface area contributed by atoms with Gasteiger partial charge in [0, 0.05) is 17.8 Å². The lowest BCUT2D eigenvalue weighted by molar-refractivity contribution is -0.122. The van der Waals surface area contributed by atoms with Gasteiger partial charge in [-0.25, -0.2) is 13.2 Å². The minimum Gasteiger partial charge on any atom is -0.324 e. The van der Waals surface area contributed by atoms with Crippen LogP contribution in [0.5, 0.6) is 0 Å². The summed E-state index contributed by atoms with van der Waals surface area (Å²) in [5.41, 5.74) is 4.84. The first-order valence-corrected chi connectivity index (χ1v) is 6.17. The van der Waals surface area contributed by atoms with Crippen LogP contribution in [0, 0.1) is 17.5 Å². The van der Waals surface area contributed by atoms with Crippen molar-refractivity contribution in [1.29, 1.82) is 0 Å². The highest BCUT2D eigenvalue weighted by Crippen LogP contribution is 2.27. The number of nitrogens with one attached hydrogen (secondary N) is 1. The van der Waals surface area contributed by atoms with E-state index in [1.54, 1.807) is 0 Å². The molecule has 6 heteroatoms. The Morgan fingerprint density at radius 3 is 2.16 bits per heavy atom. The lowest BCUT2D eigenvalue weighted by atomic mass is 9.82. The lowest BCUT2D eigenvalue weighted by Gasteiger charge is -2.31. The van der Waals surface area contributed by atoms with Gasteiger partial charge in [0.1, 0.15) is 0 Å². The second kappa shape index (κ2) is 5.21. The number of carbonyl (C=O) groups excluding carboxylic acids is 1. The van der Waals surface area contributed by atoms with Gasteiger partial charge in [0.15, 0.2) is 17.5 Å². The minimum atomic E-state index is -1.56. The average Bonchev–Trinajstić information content (AvgIpc) is 2.36. The molecule has 1 amide bonds. The molecule has 0 spiro atoms. The van der Waals surface area contributed by atoms with Crippen LogP contribution in [-0.2, 0) is 4.79 Å². The Balaban J connectivity index is 2.14. The van der Waals surface area contributed by atoms with Gasteiger partial charge in [-0.3, -0.25) is 4.79 Å². The summed E-state index contributed by atoms with van der Waals surface area (Å²) in [6.07, 6.45) is 3.77. The Morgan fingerprint density at radius 1 is 1.11 bits per heavy atom. The Hall–Kier alpha value is -1.56. The Bertz CT molecular complexity index is 476. The van der Waals surface area contributed by atoms with Gasteiger partial charge < -0.3 is 11.1 Å². The maximum Gasteiger partial charge on any atom is 0.244 e. The molecule has 1 aliphatic rings. The fraction of sp³-hybridized carbons (Fsp3) is 0.462. The molecule has 1 fully saturated rings. The fourth-order valence-electron chi connectivity index (χ4n) is 2.29. The molecule has 0 radical (unpaired) electrons. The normalized spacial score (nSPS) is 18.1. The molecule has 19 heavy (non-hydrogen) atoms. The molecule has 2 rings (SSSR count). The van der Waals surface area contributed by atoms with Gasteiger partial charge in [0.2, 0.25) is 5.91 Å². The van der Waals surface area contributed by atoms with E-state index in [0.717, 1.165) is 31.4 Å².